The van der Waals surface area contributed by atoms with Gasteiger partial charge in [0.15, 0.2) is 0 Å². The largest absolute Gasteiger partial charge is 0.456 e. The van der Waals surface area contributed by atoms with Crippen molar-refractivity contribution in [2.24, 2.45) is 0 Å². The molecule has 0 spiro atoms. The molecule has 0 amide bonds. The Morgan fingerprint density at radius 1 is 0.773 bits per heavy atom. The maximum atomic E-state index is 10.5. The van der Waals surface area contributed by atoms with E-state index in [-0.39, 0.29) is 0 Å². The van der Waals surface area contributed by atoms with Crippen LogP contribution in [0.1, 0.15) is 17.2 Å². The van der Waals surface area contributed by atoms with Crippen LogP contribution >= 0.6 is 0 Å². The van der Waals surface area contributed by atoms with Gasteiger partial charge in [-0.05, 0) is 35.4 Å². The third kappa shape index (κ3) is 2.03. The molecule has 0 aliphatic carbocycles. The molecule has 0 unspecified atom stereocenters. The molecule has 0 fully saturated rings. The highest BCUT2D eigenvalue weighted by atomic mass is 16.3. The Labute approximate surface area is 127 Å². The van der Waals surface area contributed by atoms with E-state index in [0.29, 0.717) is 5.69 Å². The molecule has 1 aromatic heterocycles. The molecule has 4 aromatic rings. The van der Waals surface area contributed by atoms with Gasteiger partial charge in [0.1, 0.15) is 17.3 Å². The van der Waals surface area contributed by atoms with E-state index in [9.17, 15) is 5.11 Å². The van der Waals surface area contributed by atoms with Gasteiger partial charge in [-0.15, -0.1) is 0 Å². The quantitative estimate of drug-likeness (QED) is 0.542. The molecule has 4 rings (SSSR count). The third-order valence-corrected chi connectivity index (χ3v) is 3.97. The zero-order valence-electron chi connectivity index (χ0n) is 11.9. The van der Waals surface area contributed by atoms with Crippen molar-refractivity contribution in [3.8, 4) is 0 Å². The highest BCUT2D eigenvalue weighted by Crippen LogP contribution is 2.32. The van der Waals surface area contributed by atoms with E-state index in [1.54, 1.807) is 12.1 Å². The van der Waals surface area contributed by atoms with Crippen LogP contribution in [0.25, 0.3) is 21.9 Å². The molecule has 3 N–H and O–H groups in total. The zero-order chi connectivity index (χ0) is 15.1. The van der Waals surface area contributed by atoms with Gasteiger partial charge in [-0.3, -0.25) is 0 Å². The van der Waals surface area contributed by atoms with Crippen molar-refractivity contribution in [2.75, 3.05) is 5.73 Å². The van der Waals surface area contributed by atoms with Crippen LogP contribution < -0.4 is 5.73 Å². The minimum atomic E-state index is -0.696. The van der Waals surface area contributed by atoms with E-state index in [2.05, 4.69) is 0 Å². The average Bonchev–Trinajstić information content (AvgIpc) is 2.92. The lowest BCUT2D eigenvalue weighted by molar-refractivity contribution is 0.220. The van der Waals surface area contributed by atoms with Crippen LogP contribution in [0.2, 0.25) is 0 Å². The highest BCUT2D eigenvalue weighted by Gasteiger charge is 2.13. The normalized spacial score (nSPS) is 12.8. The molecule has 0 saturated carbocycles. The number of benzene rings is 3. The summed E-state index contributed by atoms with van der Waals surface area (Å²) < 4.78 is 5.87. The number of aliphatic hydroxyl groups excluding tert-OH is 1. The zero-order valence-corrected chi connectivity index (χ0v) is 11.9. The maximum absolute atomic E-state index is 10.5. The van der Waals surface area contributed by atoms with Gasteiger partial charge in [0.05, 0.1) is 0 Å². The fraction of sp³-hybridized carbons (Fsp3) is 0.0526. The van der Waals surface area contributed by atoms with Crippen LogP contribution in [-0.4, -0.2) is 5.11 Å². The predicted octanol–water partition coefficient (Wildman–Crippen LogP) is 4.25. The molecule has 108 valence electrons. The number of hydrogen-bond acceptors (Lipinski definition) is 3. The molecular formula is C19H15NO2. The standard InChI is InChI=1S/C19H15NO2/c20-14-8-5-12(6-9-14)19(21)13-7-10-16-15-3-1-2-4-17(15)22-18(16)11-13/h1-11,19,21H,20H2/t19-/m1/s1. The summed E-state index contributed by atoms with van der Waals surface area (Å²) in [5.74, 6) is 0. The summed E-state index contributed by atoms with van der Waals surface area (Å²) in [6.07, 6.45) is -0.696. The Bertz CT molecular complexity index is 954. The molecule has 3 heteroatoms. The molecular weight excluding hydrogens is 274 g/mol. The minimum absolute atomic E-state index is 0.684. The van der Waals surface area contributed by atoms with Gasteiger partial charge in [0.2, 0.25) is 0 Å². The smallest absolute Gasteiger partial charge is 0.135 e. The van der Waals surface area contributed by atoms with Gasteiger partial charge in [-0.25, -0.2) is 0 Å². The number of furan rings is 1. The molecule has 0 radical (unpaired) electrons. The van der Waals surface area contributed by atoms with Crippen molar-refractivity contribution in [1.82, 2.24) is 0 Å². The van der Waals surface area contributed by atoms with Crippen LogP contribution in [0, 0.1) is 0 Å². The second-order valence-corrected chi connectivity index (χ2v) is 5.42. The van der Waals surface area contributed by atoms with Gasteiger partial charge < -0.3 is 15.3 Å². The van der Waals surface area contributed by atoms with Crippen LogP contribution in [-0.2, 0) is 0 Å². The van der Waals surface area contributed by atoms with E-state index < -0.39 is 6.10 Å². The summed E-state index contributed by atoms with van der Waals surface area (Å²) in [5.41, 5.74) is 9.63. The maximum Gasteiger partial charge on any atom is 0.135 e. The van der Waals surface area contributed by atoms with Gasteiger partial charge in [0.25, 0.3) is 0 Å². The summed E-state index contributed by atoms with van der Waals surface area (Å²) in [5, 5.41) is 12.7. The SMILES string of the molecule is Nc1ccc([C@@H](O)c2ccc3c(c2)oc2ccccc23)cc1. The fourth-order valence-corrected chi connectivity index (χ4v) is 2.78. The molecule has 0 bridgehead atoms. The van der Waals surface area contributed by atoms with Crippen molar-refractivity contribution in [1.29, 1.82) is 0 Å². The molecule has 3 nitrogen and oxygen atoms in total. The Morgan fingerprint density at radius 3 is 2.27 bits per heavy atom. The van der Waals surface area contributed by atoms with E-state index in [1.807, 2.05) is 54.6 Å². The van der Waals surface area contributed by atoms with Crippen molar-refractivity contribution in [3.05, 3.63) is 77.9 Å². The van der Waals surface area contributed by atoms with E-state index >= 15 is 0 Å². The number of hydrogen-bond donors (Lipinski definition) is 2. The first-order valence-corrected chi connectivity index (χ1v) is 7.17. The molecule has 1 atom stereocenters. The fourth-order valence-electron chi connectivity index (χ4n) is 2.78. The van der Waals surface area contributed by atoms with E-state index in [4.69, 9.17) is 10.2 Å². The summed E-state index contributed by atoms with van der Waals surface area (Å²) in [6.45, 7) is 0. The predicted molar refractivity (Wildman–Crippen MR) is 88.6 cm³/mol. The van der Waals surface area contributed by atoms with Gasteiger partial charge in [-0.2, -0.15) is 0 Å². The number of fused-ring (bicyclic) bond motifs is 3. The minimum Gasteiger partial charge on any atom is -0.456 e. The van der Waals surface area contributed by atoms with E-state index in [1.165, 1.54) is 0 Å². The molecule has 0 aliphatic rings. The molecule has 0 saturated heterocycles. The average molecular weight is 289 g/mol. The number of rotatable bonds is 2. The molecule has 3 aromatic carbocycles. The molecule has 22 heavy (non-hydrogen) atoms. The lowest BCUT2D eigenvalue weighted by Crippen LogP contribution is -1.99. The van der Waals surface area contributed by atoms with Gasteiger partial charge >= 0.3 is 0 Å². The summed E-state index contributed by atoms with van der Waals surface area (Å²) in [6, 6.07) is 21.0. The second-order valence-electron chi connectivity index (χ2n) is 5.42. The van der Waals surface area contributed by atoms with Crippen LogP contribution in [0.15, 0.2) is 71.1 Å². The lowest BCUT2D eigenvalue weighted by Gasteiger charge is -2.11. The van der Waals surface area contributed by atoms with Crippen LogP contribution in [0.4, 0.5) is 5.69 Å². The monoisotopic (exact) mass is 289 g/mol. The number of anilines is 1. The Hall–Kier alpha value is -2.78. The summed E-state index contributed by atoms with van der Waals surface area (Å²) in [4.78, 5) is 0. The van der Waals surface area contributed by atoms with Crippen molar-refractivity contribution in [3.63, 3.8) is 0 Å². The molecule has 1 heterocycles. The Kier molecular flexibility index (Phi) is 2.88. The first-order valence-electron chi connectivity index (χ1n) is 7.17. The number of nitrogen functional groups attached to an aromatic ring is 1. The molecule has 0 aliphatic heterocycles. The topological polar surface area (TPSA) is 59.4 Å². The second kappa shape index (κ2) is 4.90. The number of aliphatic hydroxyl groups is 1. The van der Waals surface area contributed by atoms with Crippen molar-refractivity contribution in [2.45, 2.75) is 6.10 Å². The first kappa shape index (κ1) is 12.9. The van der Waals surface area contributed by atoms with Crippen molar-refractivity contribution >= 4 is 27.6 Å². The summed E-state index contributed by atoms with van der Waals surface area (Å²) in [7, 11) is 0. The Morgan fingerprint density at radius 2 is 1.45 bits per heavy atom. The van der Waals surface area contributed by atoms with Crippen LogP contribution in [0.3, 0.4) is 0 Å². The Balaban J connectivity index is 1.81. The van der Waals surface area contributed by atoms with Crippen molar-refractivity contribution < 1.29 is 9.52 Å². The number of para-hydroxylation sites is 1. The van der Waals surface area contributed by atoms with E-state index in [0.717, 1.165) is 33.1 Å². The summed E-state index contributed by atoms with van der Waals surface area (Å²) >= 11 is 0. The highest BCUT2D eigenvalue weighted by molar-refractivity contribution is 6.04. The lowest BCUT2D eigenvalue weighted by atomic mass is 10.00. The van der Waals surface area contributed by atoms with Gasteiger partial charge in [-0.1, -0.05) is 42.5 Å². The van der Waals surface area contributed by atoms with Crippen LogP contribution in [0.5, 0.6) is 0 Å². The third-order valence-electron chi connectivity index (χ3n) is 3.97. The van der Waals surface area contributed by atoms with Gasteiger partial charge in [0, 0.05) is 16.5 Å². The first-order chi connectivity index (χ1) is 10.7. The number of nitrogens with two attached hydrogens (primary N) is 1.